The van der Waals surface area contributed by atoms with Crippen molar-refractivity contribution in [1.82, 2.24) is 10.2 Å². The van der Waals surface area contributed by atoms with Crippen LogP contribution in [0.2, 0.25) is 0 Å². The number of halogens is 1. The van der Waals surface area contributed by atoms with Gasteiger partial charge >= 0.3 is 0 Å². The number of carbonyl (C=O) groups excluding carboxylic acids is 1. The van der Waals surface area contributed by atoms with Crippen LogP contribution in [0.5, 0.6) is 5.75 Å². The molecule has 0 aromatic heterocycles. The third-order valence-electron chi connectivity index (χ3n) is 4.04. The van der Waals surface area contributed by atoms with E-state index in [1.54, 1.807) is 12.1 Å². The number of aromatic hydroxyl groups is 1. The fourth-order valence-corrected chi connectivity index (χ4v) is 3.11. The molecule has 5 heteroatoms. The average molecular weight is 355 g/mol. The summed E-state index contributed by atoms with van der Waals surface area (Å²) in [6.07, 6.45) is 2.33. The molecule has 1 aromatic carbocycles. The monoisotopic (exact) mass is 354 g/mol. The lowest BCUT2D eigenvalue weighted by atomic mass is 9.97. The van der Waals surface area contributed by atoms with Gasteiger partial charge in [-0.25, -0.2) is 0 Å². The summed E-state index contributed by atoms with van der Waals surface area (Å²) in [5.74, 6) is 0.290. The van der Waals surface area contributed by atoms with Crippen LogP contribution in [0.15, 0.2) is 22.7 Å². The van der Waals surface area contributed by atoms with Gasteiger partial charge in [-0.3, -0.25) is 4.79 Å². The second kappa shape index (κ2) is 7.27. The Morgan fingerprint density at radius 2 is 2.29 bits per heavy atom. The molecule has 2 rings (SSSR count). The van der Waals surface area contributed by atoms with Gasteiger partial charge in [0.15, 0.2) is 0 Å². The highest BCUT2D eigenvalue weighted by Gasteiger charge is 2.22. The molecular weight excluding hydrogens is 332 g/mol. The second-order valence-electron chi connectivity index (χ2n) is 5.97. The number of nitrogens with zero attached hydrogens (tertiary/aromatic N) is 1. The Morgan fingerprint density at radius 1 is 1.52 bits per heavy atom. The number of phenols is 1. The van der Waals surface area contributed by atoms with Gasteiger partial charge in [0.25, 0.3) is 5.91 Å². The molecule has 1 unspecified atom stereocenters. The smallest absolute Gasteiger partial charge is 0.255 e. The molecule has 0 saturated carbocycles. The zero-order valence-corrected chi connectivity index (χ0v) is 14.2. The van der Waals surface area contributed by atoms with Gasteiger partial charge in [-0.1, -0.05) is 15.9 Å². The molecule has 1 heterocycles. The van der Waals surface area contributed by atoms with E-state index in [1.807, 2.05) is 0 Å². The normalized spacial score (nSPS) is 19.7. The minimum atomic E-state index is -0.207. The van der Waals surface area contributed by atoms with Crippen LogP contribution in [-0.4, -0.2) is 41.6 Å². The molecule has 21 heavy (non-hydrogen) atoms. The maximum atomic E-state index is 12.1. The molecule has 4 nitrogen and oxygen atoms in total. The molecule has 0 spiro atoms. The summed E-state index contributed by atoms with van der Waals surface area (Å²) in [5.41, 5.74) is 0.328. The third kappa shape index (κ3) is 4.45. The molecule has 0 bridgehead atoms. The summed E-state index contributed by atoms with van der Waals surface area (Å²) in [7, 11) is 0. The number of carbonyl (C=O) groups is 1. The Bertz CT molecular complexity index is 505. The van der Waals surface area contributed by atoms with E-state index in [-0.39, 0.29) is 11.7 Å². The minimum absolute atomic E-state index is 0.00864. The number of amides is 1. The van der Waals surface area contributed by atoms with Crippen LogP contribution in [0.1, 0.15) is 37.0 Å². The Morgan fingerprint density at radius 3 is 2.95 bits per heavy atom. The van der Waals surface area contributed by atoms with Gasteiger partial charge in [0, 0.05) is 23.6 Å². The average Bonchev–Trinajstić information content (AvgIpc) is 2.45. The fraction of sp³-hybridized carbons (Fsp3) is 0.562. The number of rotatable bonds is 4. The molecule has 2 N–H and O–H groups in total. The quantitative estimate of drug-likeness (QED) is 0.873. The summed E-state index contributed by atoms with van der Waals surface area (Å²) >= 11 is 3.27. The zero-order chi connectivity index (χ0) is 15.4. The summed E-state index contributed by atoms with van der Waals surface area (Å²) < 4.78 is 0.761. The molecule has 116 valence electrons. The van der Waals surface area contributed by atoms with Gasteiger partial charge in [-0.05, 0) is 57.4 Å². The van der Waals surface area contributed by atoms with Crippen LogP contribution < -0.4 is 5.32 Å². The highest BCUT2D eigenvalue weighted by atomic mass is 79.9. The van der Waals surface area contributed by atoms with Gasteiger partial charge < -0.3 is 15.3 Å². The van der Waals surface area contributed by atoms with Gasteiger partial charge in [0.2, 0.25) is 0 Å². The first-order valence-electron chi connectivity index (χ1n) is 7.48. The second-order valence-corrected chi connectivity index (χ2v) is 6.88. The highest BCUT2D eigenvalue weighted by Crippen LogP contribution is 2.22. The summed E-state index contributed by atoms with van der Waals surface area (Å²) in [6, 6.07) is 5.49. The lowest BCUT2D eigenvalue weighted by Crippen LogP contribution is -2.43. The van der Waals surface area contributed by atoms with Crippen LogP contribution in [0, 0.1) is 5.92 Å². The van der Waals surface area contributed by atoms with E-state index in [2.05, 4.69) is 40.0 Å². The Labute approximate surface area is 134 Å². The van der Waals surface area contributed by atoms with Crippen molar-refractivity contribution in [2.45, 2.75) is 32.7 Å². The largest absolute Gasteiger partial charge is 0.507 e. The standard InChI is InChI=1S/C16H23BrN2O2/c1-11(2)19-7-3-4-12(10-19)9-18-16(21)14-6-5-13(17)8-15(14)20/h5-6,8,11-12,20H,3-4,7,9-10H2,1-2H3,(H,18,21). The first-order chi connectivity index (χ1) is 9.97. The molecule has 1 aliphatic heterocycles. The van der Waals surface area contributed by atoms with Crippen LogP contribution in [-0.2, 0) is 0 Å². The first kappa shape index (κ1) is 16.3. The Hall–Kier alpha value is -1.07. The number of hydrogen-bond donors (Lipinski definition) is 2. The van der Waals surface area contributed by atoms with E-state index in [4.69, 9.17) is 0 Å². The van der Waals surface area contributed by atoms with Crippen molar-refractivity contribution in [1.29, 1.82) is 0 Å². The van der Waals surface area contributed by atoms with Crippen molar-refractivity contribution < 1.29 is 9.90 Å². The maximum absolute atomic E-state index is 12.1. The summed E-state index contributed by atoms with van der Waals surface area (Å²) in [5, 5.41) is 12.8. The lowest BCUT2D eigenvalue weighted by Gasteiger charge is -2.35. The predicted octanol–water partition coefficient (Wildman–Crippen LogP) is 3.00. The van der Waals surface area contributed by atoms with E-state index >= 15 is 0 Å². The van der Waals surface area contributed by atoms with Crippen LogP contribution in [0.4, 0.5) is 0 Å². The number of hydrogen-bond acceptors (Lipinski definition) is 3. The van der Waals surface area contributed by atoms with Crippen molar-refractivity contribution in [2.24, 2.45) is 5.92 Å². The number of benzene rings is 1. The van der Waals surface area contributed by atoms with Crippen LogP contribution >= 0.6 is 15.9 Å². The van der Waals surface area contributed by atoms with Crippen molar-refractivity contribution in [3.8, 4) is 5.75 Å². The topological polar surface area (TPSA) is 52.6 Å². The van der Waals surface area contributed by atoms with Crippen LogP contribution in [0.25, 0.3) is 0 Å². The van der Waals surface area contributed by atoms with Gasteiger partial charge in [-0.2, -0.15) is 0 Å². The van der Waals surface area contributed by atoms with E-state index in [1.165, 1.54) is 12.5 Å². The summed E-state index contributed by atoms with van der Waals surface area (Å²) in [4.78, 5) is 14.6. The third-order valence-corrected chi connectivity index (χ3v) is 4.53. The number of piperidine rings is 1. The molecule has 1 amide bonds. The van der Waals surface area contributed by atoms with E-state index < -0.39 is 0 Å². The summed E-state index contributed by atoms with van der Waals surface area (Å²) in [6.45, 7) is 7.26. The number of likely N-dealkylation sites (tertiary alicyclic amines) is 1. The molecule has 1 saturated heterocycles. The fourth-order valence-electron chi connectivity index (χ4n) is 2.76. The van der Waals surface area contributed by atoms with Crippen LogP contribution in [0.3, 0.4) is 0 Å². The molecule has 1 aliphatic rings. The van der Waals surface area contributed by atoms with Crippen molar-refractivity contribution in [2.75, 3.05) is 19.6 Å². The maximum Gasteiger partial charge on any atom is 0.255 e. The molecule has 0 radical (unpaired) electrons. The minimum Gasteiger partial charge on any atom is -0.507 e. The SMILES string of the molecule is CC(C)N1CCCC(CNC(=O)c2ccc(Br)cc2O)C1. The molecule has 1 atom stereocenters. The Kier molecular flexibility index (Phi) is 5.65. The number of phenolic OH excluding ortho intramolecular Hbond substituents is 1. The zero-order valence-electron chi connectivity index (χ0n) is 12.6. The van der Waals surface area contributed by atoms with Crippen molar-refractivity contribution >= 4 is 21.8 Å². The first-order valence-corrected chi connectivity index (χ1v) is 8.27. The van der Waals surface area contributed by atoms with E-state index in [0.29, 0.717) is 24.1 Å². The highest BCUT2D eigenvalue weighted by molar-refractivity contribution is 9.10. The number of nitrogens with one attached hydrogen (secondary N) is 1. The Balaban J connectivity index is 1.89. The molecule has 1 fully saturated rings. The van der Waals surface area contributed by atoms with Gasteiger partial charge in [-0.15, -0.1) is 0 Å². The molecule has 1 aromatic rings. The molecular formula is C16H23BrN2O2. The van der Waals surface area contributed by atoms with Crippen molar-refractivity contribution in [3.05, 3.63) is 28.2 Å². The van der Waals surface area contributed by atoms with E-state index in [0.717, 1.165) is 24.0 Å². The predicted molar refractivity (Wildman–Crippen MR) is 87.6 cm³/mol. The van der Waals surface area contributed by atoms with Gasteiger partial charge in [0.05, 0.1) is 5.56 Å². The lowest BCUT2D eigenvalue weighted by molar-refractivity contribution is 0.0920. The van der Waals surface area contributed by atoms with Crippen molar-refractivity contribution in [3.63, 3.8) is 0 Å². The molecule has 0 aliphatic carbocycles. The van der Waals surface area contributed by atoms with E-state index in [9.17, 15) is 9.90 Å². The van der Waals surface area contributed by atoms with Gasteiger partial charge in [0.1, 0.15) is 5.75 Å².